The molecular formula is C16H13NO3. The zero-order valence-corrected chi connectivity index (χ0v) is 10.7. The highest BCUT2D eigenvalue weighted by Crippen LogP contribution is 2.27. The van der Waals surface area contributed by atoms with E-state index < -0.39 is 5.97 Å². The van der Waals surface area contributed by atoms with E-state index in [4.69, 9.17) is 9.52 Å². The Morgan fingerprint density at radius 3 is 2.95 bits per heavy atom. The molecule has 100 valence electrons. The molecule has 0 saturated heterocycles. The van der Waals surface area contributed by atoms with Crippen LogP contribution in [0.15, 0.2) is 53.3 Å². The molecule has 4 nitrogen and oxygen atoms in total. The van der Waals surface area contributed by atoms with Gasteiger partial charge in [-0.2, -0.15) is 0 Å². The zero-order valence-electron chi connectivity index (χ0n) is 10.7. The molecule has 1 N–H and O–H groups in total. The number of fused-ring (bicyclic) bond motifs is 1. The Labute approximate surface area is 115 Å². The molecule has 0 aliphatic rings. The Balaban J connectivity index is 2.01. The minimum Gasteiger partial charge on any atom is -0.481 e. The van der Waals surface area contributed by atoms with E-state index in [0.29, 0.717) is 12.1 Å². The molecule has 0 unspecified atom stereocenters. The molecular weight excluding hydrogens is 254 g/mol. The lowest BCUT2D eigenvalue weighted by Crippen LogP contribution is -1.99. The summed E-state index contributed by atoms with van der Waals surface area (Å²) in [5, 5.41) is 9.77. The number of pyridine rings is 1. The van der Waals surface area contributed by atoms with Crippen LogP contribution in [0, 0.1) is 0 Å². The first-order valence-corrected chi connectivity index (χ1v) is 6.37. The lowest BCUT2D eigenvalue weighted by molar-refractivity contribution is -0.136. The fourth-order valence-corrected chi connectivity index (χ4v) is 2.27. The molecule has 1 aromatic carbocycles. The normalized spacial score (nSPS) is 10.8. The number of aliphatic carboxylic acids is 1. The summed E-state index contributed by atoms with van der Waals surface area (Å²) in [7, 11) is 0. The summed E-state index contributed by atoms with van der Waals surface area (Å²) in [6.45, 7) is 0. The van der Waals surface area contributed by atoms with Gasteiger partial charge in [0.2, 0.25) is 5.71 Å². The molecule has 0 fully saturated rings. The summed E-state index contributed by atoms with van der Waals surface area (Å²) in [6.07, 6.45) is 4.00. The number of furan rings is 1. The Morgan fingerprint density at radius 2 is 2.10 bits per heavy atom. The Bertz CT molecular complexity index is 761. The first-order chi connectivity index (χ1) is 9.74. The molecule has 0 aliphatic carbocycles. The van der Waals surface area contributed by atoms with Crippen LogP contribution in [0.4, 0.5) is 0 Å². The molecule has 0 spiro atoms. The van der Waals surface area contributed by atoms with Crippen molar-refractivity contribution in [3.8, 4) is 11.1 Å². The van der Waals surface area contributed by atoms with Gasteiger partial charge in [-0.05, 0) is 29.7 Å². The Kier molecular flexibility index (Phi) is 3.21. The van der Waals surface area contributed by atoms with E-state index in [-0.39, 0.29) is 6.42 Å². The van der Waals surface area contributed by atoms with Crippen molar-refractivity contribution in [1.29, 1.82) is 0 Å². The van der Waals surface area contributed by atoms with Crippen LogP contribution in [0.3, 0.4) is 0 Å². The summed E-state index contributed by atoms with van der Waals surface area (Å²) in [4.78, 5) is 15.0. The lowest BCUT2D eigenvalue weighted by atomic mass is 9.97. The summed E-state index contributed by atoms with van der Waals surface area (Å²) in [5.41, 5.74) is 3.61. The average Bonchev–Trinajstić information content (AvgIpc) is 2.92. The molecule has 0 radical (unpaired) electrons. The molecule has 0 atom stereocenters. The van der Waals surface area contributed by atoms with Crippen LogP contribution in [0.5, 0.6) is 0 Å². The van der Waals surface area contributed by atoms with Crippen molar-refractivity contribution in [1.82, 2.24) is 4.98 Å². The second-order valence-electron chi connectivity index (χ2n) is 4.59. The standard InChI is InChI=1S/C16H13NO3/c18-15(19)6-5-11-3-1-2-4-14(11)13-9-12-7-8-20-16(12)17-10-13/h1-4,7-10H,5-6H2,(H,18,19). The smallest absolute Gasteiger partial charge is 0.303 e. The van der Waals surface area contributed by atoms with Gasteiger partial charge in [0.15, 0.2) is 0 Å². The van der Waals surface area contributed by atoms with Gasteiger partial charge in [-0.25, -0.2) is 4.98 Å². The minimum absolute atomic E-state index is 0.123. The number of carboxylic acid groups (broad SMARTS) is 1. The first kappa shape index (κ1) is 12.4. The molecule has 20 heavy (non-hydrogen) atoms. The van der Waals surface area contributed by atoms with Gasteiger partial charge in [-0.15, -0.1) is 0 Å². The van der Waals surface area contributed by atoms with Crippen molar-refractivity contribution in [2.45, 2.75) is 12.8 Å². The molecule has 0 aliphatic heterocycles. The number of hydrogen-bond donors (Lipinski definition) is 1. The number of nitrogens with zero attached hydrogens (tertiary/aromatic N) is 1. The van der Waals surface area contributed by atoms with Crippen LogP contribution in [0.2, 0.25) is 0 Å². The highest BCUT2D eigenvalue weighted by atomic mass is 16.4. The molecule has 4 heteroatoms. The van der Waals surface area contributed by atoms with E-state index in [1.54, 1.807) is 12.5 Å². The Morgan fingerprint density at radius 1 is 1.25 bits per heavy atom. The summed E-state index contributed by atoms with van der Waals surface area (Å²) in [6, 6.07) is 11.7. The van der Waals surface area contributed by atoms with Crippen LogP contribution >= 0.6 is 0 Å². The highest BCUT2D eigenvalue weighted by Gasteiger charge is 2.08. The van der Waals surface area contributed by atoms with Gasteiger partial charge in [-0.3, -0.25) is 4.79 Å². The van der Waals surface area contributed by atoms with Gasteiger partial charge in [0, 0.05) is 23.6 Å². The van der Waals surface area contributed by atoms with Crippen LogP contribution in [0.25, 0.3) is 22.2 Å². The van der Waals surface area contributed by atoms with Crippen LogP contribution < -0.4 is 0 Å². The third-order valence-electron chi connectivity index (χ3n) is 3.24. The van der Waals surface area contributed by atoms with Gasteiger partial charge in [-0.1, -0.05) is 24.3 Å². The second-order valence-corrected chi connectivity index (χ2v) is 4.59. The second kappa shape index (κ2) is 5.17. The van der Waals surface area contributed by atoms with Crippen LogP contribution in [0.1, 0.15) is 12.0 Å². The first-order valence-electron chi connectivity index (χ1n) is 6.37. The maximum atomic E-state index is 10.7. The molecule has 0 amide bonds. The number of carbonyl (C=O) groups is 1. The lowest BCUT2D eigenvalue weighted by Gasteiger charge is -2.08. The van der Waals surface area contributed by atoms with Crippen LogP contribution in [-0.4, -0.2) is 16.1 Å². The third-order valence-corrected chi connectivity index (χ3v) is 3.24. The van der Waals surface area contributed by atoms with Gasteiger partial charge in [0.1, 0.15) is 0 Å². The summed E-state index contributed by atoms with van der Waals surface area (Å²) >= 11 is 0. The highest BCUT2D eigenvalue weighted by molar-refractivity contribution is 5.81. The predicted octanol–water partition coefficient (Wildman–Crippen LogP) is 3.51. The van der Waals surface area contributed by atoms with E-state index in [9.17, 15) is 4.79 Å². The number of rotatable bonds is 4. The van der Waals surface area contributed by atoms with Gasteiger partial charge >= 0.3 is 5.97 Å². The number of hydrogen-bond acceptors (Lipinski definition) is 3. The van der Waals surface area contributed by atoms with Crippen molar-refractivity contribution in [3.05, 3.63) is 54.4 Å². The fraction of sp³-hybridized carbons (Fsp3) is 0.125. The molecule has 2 aromatic heterocycles. The molecule has 2 heterocycles. The van der Waals surface area contributed by atoms with Crippen molar-refractivity contribution in [3.63, 3.8) is 0 Å². The number of aryl methyl sites for hydroxylation is 1. The summed E-state index contributed by atoms with van der Waals surface area (Å²) in [5.74, 6) is -0.789. The van der Waals surface area contributed by atoms with E-state index in [1.807, 2.05) is 36.4 Å². The fourth-order valence-electron chi connectivity index (χ4n) is 2.27. The van der Waals surface area contributed by atoms with Gasteiger partial charge in [0.05, 0.1) is 6.26 Å². The number of benzene rings is 1. The predicted molar refractivity (Wildman–Crippen MR) is 75.4 cm³/mol. The van der Waals surface area contributed by atoms with Crippen LogP contribution in [-0.2, 0) is 11.2 Å². The van der Waals surface area contributed by atoms with Crippen molar-refractivity contribution >= 4 is 17.1 Å². The van der Waals surface area contributed by atoms with E-state index in [2.05, 4.69) is 4.98 Å². The van der Waals surface area contributed by atoms with Gasteiger partial charge < -0.3 is 9.52 Å². The van der Waals surface area contributed by atoms with Crippen molar-refractivity contribution < 1.29 is 14.3 Å². The van der Waals surface area contributed by atoms with E-state index in [0.717, 1.165) is 22.1 Å². The Hall–Kier alpha value is -2.62. The average molecular weight is 267 g/mol. The SMILES string of the molecule is O=C(O)CCc1ccccc1-c1cnc2occc2c1. The number of aromatic nitrogens is 1. The monoisotopic (exact) mass is 267 g/mol. The molecule has 3 rings (SSSR count). The zero-order chi connectivity index (χ0) is 13.9. The quantitative estimate of drug-likeness (QED) is 0.785. The maximum Gasteiger partial charge on any atom is 0.303 e. The van der Waals surface area contributed by atoms with Crippen molar-refractivity contribution in [2.75, 3.05) is 0 Å². The van der Waals surface area contributed by atoms with Crippen molar-refractivity contribution in [2.24, 2.45) is 0 Å². The topological polar surface area (TPSA) is 63.3 Å². The van der Waals surface area contributed by atoms with E-state index in [1.165, 1.54) is 0 Å². The summed E-state index contributed by atoms with van der Waals surface area (Å²) < 4.78 is 5.23. The molecule has 3 aromatic rings. The number of carboxylic acids is 1. The van der Waals surface area contributed by atoms with Gasteiger partial charge in [0.25, 0.3) is 0 Å². The van der Waals surface area contributed by atoms with E-state index >= 15 is 0 Å². The maximum absolute atomic E-state index is 10.7. The largest absolute Gasteiger partial charge is 0.481 e. The third kappa shape index (κ3) is 2.40. The minimum atomic E-state index is -0.789. The molecule has 0 saturated carbocycles. The molecule has 0 bridgehead atoms.